The molecule has 0 aliphatic carbocycles. The molecule has 1 aliphatic rings. The Kier molecular flexibility index (Phi) is 2.81. The van der Waals surface area contributed by atoms with Gasteiger partial charge in [0.05, 0.1) is 0 Å². The molecule has 6 heteroatoms. The van der Waals surface area contributed by atoms with Crippen molar-refractivity contribution >= 4 is 5.76 Å². The van der Waals surface area contributed by atoms with Gasteiger partial charge < -0.3 is 9.57 Å². The first-order valence-corrected chi connectivity index (χ1v) is 4.97. The van der Waals surface area contributed by atoms with Crippen molar-refractivity contribution < 1.29 is 14.0 Å². The first-order valence-electron chi connectivity index (χ1n) is 4.97. The molecule has 1 aromatic carbocycles. The van der Waals surface area contributed by atoms with Crippen LogP contribution in [0.15, 0.2) is 35.7 Å². The molecular weight excluding hydrogens is 227 g/mol. The topological polar surface area (TPSA) is 73.9 Å². The van der Waals surface area contributed by atoms with E-state index in [9.17, 15) is 9.30 Å². The van der Waals surface area contributed by atoms with Crippen molar-refractivity contribution in [2.45, 2.75) is 18.8 Å². The van der Waals surface area contributed by atoms with Crippen LogP contribution in [0.3, 0.4) is 0 Å². The molecule has 2 N–H and O–H groups in total. The van der Waals surface area contributed by atoms with Crippen LogP contribution in [0.1, 0.15) is 12.5 Å². The highest BCUT2D eigenvalue weighted by molar-refractivity contribution is 5.62. The van der Waals surface area contributed by atoms with Gasteiger partial charge >= 0.3 is 0 Å². The Labute approximate surface area is 96.9 Å². The summed E-state index contributed by atoms with van der Waals surface area (Å²) in [6.07, 6.45) is 0.773. The highest BCUT2D eigenvalue weighted by Crippen LogP contribution is 2.32. The van der Waals surface area contributed by atoms with Crippen LogP contribution in [0.25, 0.3) is 5.76 Å². The lowest BCUT2D eigenvalue weighted by Gasteiger charge is -2.23. The number of hydrogen-bond acceptors (Lipinski definition) is 5. The summed E-state index contributed by atoms with van der Waals surface area (Å²) >= 11 is 0. The number of nitrogens with two attached hydrogens (primary N) is 1. The second kappa shape index (κ2) is 4.14. The van der Waals surface area contributed by atoms with Crippen LogP contribution >= 0.6 is 0 Å². The standard InChI is InChI=1S/C11H11FN2O3/c1-11(13)10(17-14-15)6-9(16-11)7-2-4-8(12)5-3-7/h2-6,10H,13H2,1H3. The summed E-state index contributed by atoms with van der Waals surface area (Å²) in [6.45, 7) is 1.57. The van der Waals surface area contributed by atoms with E-state index in [1.165, 1.54) is 18.2 Å². The molecule has 90 valence electrons. The van der Waals surface area contributed by atoms with Gasteiger partial charge in [-0.1, -0.05) is 0 Å². The predicted octanol–water partition coefficient (Wildman–Crippen LogP) is 1.94. The number of halogens is 1. The fourth-order valence-corrected chi connectivity index (χ4v) is 1.58. The average molecular weight is 238 g/mol. The Morgan fingerprint density at radius 3 is 2.71 bits per heavy atom. The van der Waals surface area contributed by atoms with E-state index in [0.717, 1.165) is 0 Å². The summed E-state index contributed by atoms with van der Waals surface area (Å²) < 4.78 is 18.2. The maximum atomic E-state index is 12.8. The minimum atomic E-state index is -1.17. The Morgan fingerprint density at radius 1 is 1.47 bits per heavy atom. The van der Waals surface area contributed by atoms with Gasteiger partial charge in [-0.25, -0.2) is 4.39 Å². The first-order chi connectivity index (χ1) is 8.03. The van der Waals surface area contributed by atoms with Crippen LogP contribution in [0.2, 0.25) is 0 Å². The number of ether oxygens (including phenoxy) is 1. The highest BCUT2D eigenvalue weighted by atomic mass is 19.1. The molecule has 1 heterocycles. The summed E-state index contributed by atoms with van der Waals surface area (Å²) in [5, 5.41) is 2.34. The van der Waals surface area contributed by atoms with Crippen molar-refractivity contribution in [3.05, 3.63) is 46.6 Å². The lowest BCUT2D eigenvalue weighted by molar-refractivity contribution is -0.0510. The summed E-state index contributed by atoms with van der Waals surface area (Å²) in [7, 11) is 0. The van der Waals surface area contributed by atoms with E-state index < -0.39 is 11.8 Å². The molecule has 0 amide bonds. The number of nitrogens with zero attached hydrogens (tertiary/aromatic N) is 1. The molecule has 1 aliphatic heterocycles. The van der Waals surface area contributed by atoms with Crippen molar-refractivity contribution in [1.29, 1.82) is 0 Å². The average Bonchev–Trinajstić information content (AvgIpc) is 2.56. The van der Waals surface area contributed by atoms with Crippen LogP contribution < -0.4 is 5.73 Å². The largest absolute Gasteiger partial charge is 0.468 e. The molecule has 0 fully saturated rings. The molecule has 0 saturated carbocycles. The smallest absolute Gasteiger partial charge is 0.205 e. The first kappa shape index (κ1) is 11.5. The van der Waals surface area contributed by atoms with Crippen LogP contribution in [0, 0.1) is 10.7 Å². The second-order valence-electron chi connectivity index (χ2n) is 3.92. The molecule has 5 nitrogen and oxygen atoms in total. The van der Waals surface area contributed by atoms with E-state index in [1.54, 1.807) is 19.1 Å². The molecule has 0 aromatic heterocycles. The zero-order chi connectivity index (χ0) is 12.5. The molecule has 0 radical (unpaired) electrons. The van der Waals surface area contributed by atoms with Crippen LogP contribution in [0.4, 0.5) is 4.39 Å². The molecule has 0 spiro atoms. The van der Waals surface area contributed by atoms with Crippen LogP contribution in [-0.2, 0) is 9.57 Å². The van der Waals surface area contributed by atoms with Crippen molar-refractivity contribution in [2.24, 2.45) is 11.1 Å². The Bertz CT molecular complexity index is 456. The van der Waals surface area contributed by atoms with Gasteiger partial charge in [0.25, 0.3) is 0 Å². The molecular formula is C11H11FN2O3. The second-order valence-corrected chi connectivity index (χ2v) is 3.92. The van der Waals surface area contributed by atoms with Gasteiger partial charge in [0.15, 0.2) is 11.1 Å². The Morgan fingerprint density at radius 2 is 2.12 bits per heavy atom. The monoisotopic (exact) mass is 238 g/mol. The number of benzene rings is 1. The van der Waals surface area contributed by atoms with Crippen LogP contribution in [-0.4, -0.2) is 11.8 Å². The minimum absolute atomic E-state index is 0.342. The molecule has 2 unspecified atom stereocenters. The molecule has 2 atom stereocenters. The van der Waals surface area contributed by atoms with Crippen molar-refractivity contribution in [3.8, 4) is 0 Å². The summed E-state index contributed by atoms with van der Waals surface area (Å²) in [5.74, 6) is 0.0915. The highest BCUT2D eigenvalue weighted by Gasteiger charge is 2.40. The third-order valence-electron chi connectivity index (χ3n) is 2.48. The molecule has 0 bridgehead atoms. The van der Waals surface area contributed by atoms with Crippen molar-refractivity contribution in [2.75, 3.05) is 0 Å². The zero-order valence-corrected chi connectivity index (χ0v) is 9.09. The molecule has 2 rings (SSSR count). The SMILES string of the molecule is CC1(N)OC(c2ccc(F)cc2)=CC1ON=O. The van der Waals surface area contributed by atoms with E-state index in [0.29, 0.717) is 11.3 Å². The van der Waals surface area contributed by atoms with E-state index >= 15 is 0 Å². The minimum Gasteiger partial charge on any atom is -0.468 e. The van der Waals surface area contributed by atoms with Gasteiger partial charge in [0, 0.05) is 11.6 Å². The maximum Gasteiger partial charge on any atom is 0.205 e. The third-order valence-corrected chi connectivity index (χ3v) is 2.48. The molecule has 17 heavy (non-hydrogen) atoms. The number of rotatable bonds is 3. The van der Waals surface area contributed by atoms with Crippen LogP contribution in [0.5, 0.6) is 0 Å². The van der Waals surface area contributed by atoms with Crippen molar-refractivity contribution in [1.82, 2.24) is 0 Å². The van der Waals surface area contributed by atoms with Gasteiger partial charge in [-0.3, -0.25) is 5.73 Å². The zero-order valence-electron chi connectivity index (χ0n) is 9.09. The predicted molar refractivity (Wildman–Crippen MR) is 58.7 cm³/mol. The fourth-order valence-electron chi connectivity index (χ4n) is 1.58. The fraction of sp³-hybridized carbons (Fsp3) is 0.273. The third kappa shape index (κ3) is 2.26. The Balaban J connectivity index is 2.26. The lowest BCUT2D eigenvalue weighted by atomic mass is 10.1. The molecule has 0 saturated heterocycles. The molecule has 1 aromatic rings. The summed E-state index contributed by atoms with van der Waals surface area (Å²) in [5.41, 5.74) is 5.28. The maximum absolute atomic E-state index is 12.8. The Hall–Kier alpha value is -1.95. The van der Waals surface area contributed by atoms with Gasteiger partial charge in [-0.15, -0.1) is 4.91 Å². The quantitative estimate of drug-likeness (QED) is 0.645. The van der Waals surface area contributed by atoms with Gasteiger partial charge in [-0.2, -0.15) is 0 Å². The van der Waals surface area contributed by atoms with Gasteiger partial charge in [-0.05, 0) is 31.2 Å². The normalized spacial score (nSPS) is 27.2. The summed E-state index contributed by atoms with van der Waals surface area (Å²) in [6, 6.07) is 5.71. The summed E-state index contributed by atoms with van der Waals surface area (Å²) in [4.78, 5) is 14.6. The van der Waals surface area contributed by atoms with E-state index in [-0.39, 0.29) is 5.82 Å². The van der Waals surface area contributed by atoms with E-state index in [1.807, 2.05) is 0 Å². The van der Waals surface area contributed by atoms with Crippen molar-refractivity contribution in [3.63, 3.8) is 0 Å². The lowest BCUT2D eigenvalue weighted by Crippen LogP contribution is -2.46. The van der Waals surface area contributed by atoms with E-state index in [4.69, 9.17) is 10.5 Å². The van der Waals surface area contributed by atoms with E-state index in [2.05, 4.69) is 10.2 Å². The number of hydrogen-bond donors (Lipinski definition) is 1. The van der Waals surface area contributed by atoms with Gasteiger partial charge in [0.2, 0.25) is 6.10 Å². The van der Waals surface area contributed by atoms with Gasteiger partial charge in [0.1, 0.15) is 11.6 Å².